The topological polar surface area (TPSA) is 83.5 Å². The Bertz CT molecular complexity index is 1070. The summed E-state index contributed by atoms with van der Waals surface area (Å²) in [6.07, 6.45) is 0. The summed E-state index contributed by atoms with van der Waals surface area (Å²) in [7, 11) is -2.41. The smallest absolute Gasteiger partial charge is 0.259 e. The highest BCUT2D eigenvalue weighted by atomic mass is 79.9. The highest BCUT2D eigenvalue weighted by molar-refractivity contribution is 9.11. The summed E-state index contributed by atoms with van der Waals surface area (Å²) in [5.74, 6) is -0.459. The lowest BCUT2D eigenvalue weighted by Crippen LogP contribution is -2.12. The average Bonchev–Trinajstić information content (AvgIpc) is 2.67. The second-order valence-corrected chi connectivity index (χ2v) is 9.55. The Morgan fingerprint density at radius 1 is 0.897 bits per heavy atom. The van der Waals surface area contributed by atoms with Crippen molar-refractivity contribution >= 4 is 70.1 Å². The number of amides is 1. The van der Waals surface area contributed by atoms with Crippen molar-refractivity contribution in [3.05, 3.63) is 85.2 Å². The standard InChI is InChI=1S/C13H8Br3NO2.C7H8O2S/c14-7-1-3-9(4-2-7)17-13(19)10-5-8(15)6-11(16)12(10)18;1-6-2-4-7(5-3-6)10(8)9/h1-6,18H,(H,17,19);2-5,10H,1H3. The Labute approximate surface area is 195 Å². The quantitative estimate of drug-likeness (QED) is 0.325. The molecule has 0 radical (unpaired) electrons. The molecule has 0 saturated heterocycles. The molecule has 0 aromatic heterocycles. The van der Waals surface area contributed by atoms with Crippen molar-refractivity contribution in [3.8, 4) is 5.75 Å². The molecule has 0 spiro atoms. The normalized spacial score (nSPS) is 10.2. The lowest BCUT2D eigenvalue weighted by Gasteiger charge is -2.09. The van der Waals surface area contributed by atoms with Gasteiger partial charge in [-0.1, -0.05) is 49.6 Å². The number of carbonyl (C=O) groups is 1. The third-order valence-electron chi connectivity index (χ3n) is 3.62. The van der Waals surface area contributed by atoms with Crippen LogP contribution < -0.4 is 5.32 Å². The summed E-state index contributed by atoms with van der Waals surface area (Å²) in [5.41, 5.74) is 1.92. The largest absolute Gasteiger partial charge is 0.506 e. The van der Waals surface area contributed by atoms with E-state index in [1.807, 2.05) is 19.1 Å². The zero-order chi connectivity index (χ0) is 21.6. The first-order chi connectivity index (χ1) is 13.7. The molecule has 9 heteroatoms. The predicted molar refractivity (Wildman–Crippen MR) is 125 cm³/mol. The highest BCUT2D eigenvalue weighted by Crippen LogP contribution is 2.32. The van der Waals surface area contributed by atoms with Crippen molar-refractivity contribution in [2.75, 3.05) is 5.32 Å². The molecule has 3 aromatic rings. The number of rotatable bonds is 3. The first-order valence-corrected chi connectivity index (χ1v) is 11.7. The molecular formula is C20H16Br3NO4S. The lowest BCUT2D eigenvalue weighted by atomic mass is 10.2. The van der Waals surface area contributed by atoms with Gasteiger partial charge in [-0.3, -0.25) is 4.79 Å². The fraction of sp³-hybridized carbons (Fsp3) is 0.0500. The van der Waals surface area contributed by atoms with Crippen LogP contribution in [0.15, 0.2) is 79.0 Å². The summed E-state index contributed by atoms with van der Waals surface area (Å²) in [6.45, 7) is 1.92. The fourth-order valence-electron chi connectivity index (χ4n) is 2.14. The number of halogens is 3. The van der Waals surface area contributed by atoms with Crippen molar-refractivity contribution in [2.24, 2.45) is 0 Å². The minimum atomic E-state index is -2.41. The third kappa shape index (κ3) is 7.26. The summed E-state index contributed by atoms with van der Waals surface area (Å²) in [4.78, 5) is 12.5. The Morgan fingerprint density at radius 2 is 1.48 bits per heavy atom. The van der Waals surface area contributed by atoms with Crippen LogP contribution in [0, 0.1) is 6.92 Å². The van der Waals surface area contributed by atoms with Crippen LogP contribution >= 0.6 is 47.8 Å². The van der Waals surface area contributed by atoms with Crippen LogP contribution in [0.3, 0.4) is 0 Å². The number of phenols is 1. The molecule has 0 aliphatic carbocycles. The highest BCUT2D eigenvalue weighted by Gasteiger charge is 2.15. The van der Waals surface area contributed by atoms with Gasteiger partial charge in [-0.2, -0.15) is 0 Å². The molecule has 0 aliphatic heterocycles. The molecule has 0 unspecified atom stereocenters. The lowest BCUT2D eigenvalue weighted by molar-refractivity contribution is 0.102. The number of aryl methyl sites for hydroxylation is 1. The monoisotopic (exact) mass is 603 g/mol. The molecule has 29 heavy (non-hydrogen) atoms. The minimum Gasteiger partial charge on any atom is -0.506 e. The number of hydrogen-bond acceptors (Lipinski definition) is 4. The number of thiol groups is 1. The number of anilines is 1. The summed E-state index contributed by atoms with van der Waals surface area (Å²) < 4.78 is 22.8. The van der Waals surface area contributed by atoms with Gasteiger partial charge in [-0.05, 0) is 71.4 Å². The van der Waals surface area contributed by atoms with E-state index in [1.165, 1.54) is 0 Å². The number of aromatic hydroxyl groups is 1. The summed E-state index contributed by atoms with van der Waals surface area (Å²) in [5, 5.41) is 12.6. The van der Waals surface area contributed by atoms with Gasteiger partial charge in [-0.15, -0.1) is 0 Å². The van der Waals surface area contributed by atoms with Gasteiger partial charge in [0.25, 0.3) is 5.91 Å². The molecule has 0 fully saturated rings. The average molecular weight is 606 g/mol. The maximum absolute atomic E-state index is 12.1. The predicted octanol–water partition coefficient (Wildman–Crippen LogP) is 5.90. The first-order valence-electron chi connectivity index (χ1n) is 8.13. The van der Waals surface area contributed by atoms with E-state index < -0.39 is 10.7 Å². The third-order valence-corrected chi connectivity index (χ3v) is 5.93. The van der Waals surface area contributed by atoms with Crippen LogP contribution in [0.1, 0.15) is 15.9 Å². The molecule has 152 valence electrons. The molecule has 5 nitrogen and oxygen atoms in total. The van der Waals surface area contributed by atoms with E-state index in [1.54, 1.807) is 48.5 Å². The van der Waals surface area contributed by atoms with Gasteiger partial charge >= 0.3 is 0 Å². The molecule has 1 amide bonds. The molecule has 0 aliphatic rings. The van der Waals surface area contributed by atoms with Gasteiger partial charge < -0.3 is 10.4 Å². The van der Waals surface area contributed by atoms with Gasteiger partial charge in [0.2, 0.25) is 0 Å². The zero-order valence-electron chi connectivity index (χ0n) is 15.0. The SMILES string of the molecule is Cc1ccc([SH](=O)=O)cc1.O=C(Nc1ccc(Br)cc1)c1cc(Br)cc(Br)c1O. The Kier molecular flexibility index (Phi) is 8.88. The van der Waals surface area contributed by atoms with Gasteiger partial charge in [0.05, 0.1) is 14.9 Å². The zero-order valence-corrected chi connectivity index (χ0v) is 20.7. The molecule has 0 bridgehead atoms. The molecule has 0 atom stereocenters. The molecule has 3 rings (SSSR count). The molecule has 0 heterocycles. The minimum absolute atomic E-state index is 0.0854. The number of hydrogen-bond donors (Lipinski definition) is 3. The Hall–Kier alpha value is -1.68. The van der Waals surface area contributed by atoms with Gasteiger partial charge in [0.1, 0.15) is 5.75 Å². The molecule has 3 aromatic carbocycles. The van der Waals surface area contributed by atoms with Crippen molar-refractivity contribution in [1.29, 1.82) is 0 Å². The number of benzene rings is 3. The van der Waals surface area contributed by atoms with Crippen molar-refractivity contribution in [1.82, 2.24) is 0 Å². The van der Waals surface area contributed by atoms with Crippen LogP contribution in [0.4, 0.5) is 5.69 Å². The van der Waals surface area contributed by atoms with E-state index in [9.17, 15) is 18.3 Å². The molecular weight excluding hydrogens is 590 g/mol. The van der Waals surface area contributed by atoms with E-state index in [-0.39, 0.29) is 17.2 Å². The number of nitrogens with one attached hydrogen (secondary N) is 1. The van der Waals surface area contributed by atoms with Crippen molar-refractivity contribution in [3.63, 3.8) is 0 Å². The van der Waals surface area contributed by atoms with E-state index >= 15 is 0 Å². The number of phenolic OH excluding ortho intramolecular Hbond substituents is 1. The maximum Gasteiger partial charge on any atom is 0.259 e. The first kappa shape index (κ1) is 23.6. The van der Waals surface area contributed by atoms with E-state index in [4.69, 9.17) is 0 Å². The fourth-order valence-corrected chi connectivity index (χ4v) is 4.02. The molecule has 2 N–H and O–H groups in total. The van der Waals surface area contributed by atoms with Gasteiger partial charge in [0.15, 0.2) is 10.7 Å². The van der Waals surface area contributed by atoms with Crippen LogP contribution in [-0.2, 0) is 10.7 Å². The van der Waals surface area contributed by atoms with Crippen LogP contribution in [0.25, 0.3) is 0 Å². The van der Waals surface area contributed by atoms with Crippen LogP contribution in [0.5, 0.6) is 5.75 Å². The van der Waals surface area contributed by atoms with Crippen molar-refractivity contribution in [2.45, 2.75) is 11.8 Å². The second kappa shape index (κ2) is 10.9. The Balaban J connectivity index is 0.000000253. The van der Waals surface area contributed by atoms with E-state index in [0.29, 0.717) is 19.5 Å². The maximum atomic E-state index is 12.1. The van der Waals surface area contributed by atoms with Crippen LogP contribution in [0.2, 0.25) is 0 Å². The van der Waals surface area contributed by atoms with Gasteiger partial charge in [0, 0.05) is 14.6 Å². The van der Waals surface area contributed by atoms with Gasteiger partial charge in [-0.25, -0.2) is 8.42 Å². The second-order valence-electron chi connectivity index (χ2n) is 5.84. The summed E-state index contributed by atoms with van der Waals surface area (Å²) in [6, 6.07) is 17.2. The van der Waals surface area contributed by atoms with E-state index in [2.05, 4.69) is 53.1 Å². The summed E-state index contributed by atoms with van der Waals surface area (Å²) >= 11 is 9.80. The van der Waals surface area contributed by atoms with Crippen LogP contribution in [-0.4, -0.2) is 19.4 Å². The molecule has 0 saturated carbocycles. The van der Waals surface area contributed by atoms with E-state index in [0.717, 1.165) is 10.0 Å². The van der Waals surface area contributed by atoms with Crippen molar-refractivity contribution < 1.29 is 18.3 Å². The number of carbonyl (C=O) groups excluding carboxylic acids is 1. The Morgan fingerprint density at radius 3 is 2.03 bits per heavy atom.